The summed E-state index contributed by atoms with van der Waals surface area (Å²) in [6.07, 6.45) is 2.19. The number of likely N-dealkylation sites (tertiary alicyclic amines) is 1. The van der Waals surface area contributed by atoms with Gasteiger partial charge in [0.2, 0.25) is 5.91 Å². The van der Waals surface area contributed by atoms with Gasteiger partial charge in [-0.05, 0) is 49.1 Å². The fourth-order valence-electron chi connectivity index (χ4n) is 3.41. The van der Waals surface area contributed by atoms with Crippen LogP contribution in [0.3, 0.4) is 0 Å². The minimum atomic E-state index is -0.267. The SMILES string of the molecule is O=C(CN1CCC(NC(=O)NCCc2cccc(F)c2)CC1)Nc1ccccc1. The highest BCUT2D eigenvalue weighted by molar-refractivity contribution is 5.92. The number of nitrogens with zero attached hydrogens (tertiary/aromatic N) is 1. The Hall–Kier alpha value is -2.93. The van der Waals surface area contributed by atoms with Gasteiger partial charge in [-0.15, -0.1) is 0 Å². The van der Waals surface area contributed by atoms with Crippen LogP contribution < -0.4 is 16.0 Å². The van der Waals surface area contributed by atoms with Crippen molar-refractivity contribution in [3.63, 3.8) is 0 Å². The van der Waals surface area contributed by atoms with Crippen LogP contribution in [0.5, 0.6) is 0 Å². The Labute approximate surface area is 170 Å². The summed E-state index contributed by atoms with van der Waals surface area (Å²) < 4.78 is 13.2. The molecule has 3 rings (SSSR count). The maximum atomic E-state index is 13.2. The van der Waals surface area contributed by atoms with Crippen LogP contribution in [0, 0.1) is 5.82 Å². The van der Waals surface area contributed by atoms with E-state index >= 15 is 0 Å². The molecule has 1 aliphatic heterocycles. The summed E-state index contributed by atoms with van der Waals surface area (Å²) in [5.41, 5.74) is 1.65. The molecule has 1 saturated heterocycles. The first-order valence-electron chi connectivity index (χ1n) is 9.94. The van der Waals surface area contributed by atoms with Crippen LogP contribution in [0.2, 0.25) is 0 Å². The zero-order valence-corrected chi connectivity index (χ0v) is 16.4. The van der Waals surface area contributed by atoms with Gasteiger partial charge >= 0.3 is 6.03 Å². The summed E-state index contributed by atoms with van der Waals surface area (Å²) in [4.78, 5) is 26.3. The average molecular weight is 398 g/mol. The van der Waals surface area contributed by atoms with E-state index in [4.69, 9.17) is 0 Å². The first-order chi connectivity index (χ1) is 14.1. The van der Waals surface area contributed by atoms with E-state index in [1.54, 1.807) is 6.07 Å². The second-order valence-electron chi connectivity index (χ2n) is 7.24. The second-order valence-corrected chi connectivity index (χ2v) is 7.24. The molecule has 29 heavy (non-hydrogen) atoms. The third-order valence-electron chi connectivity index (χ3n) is 4.94. The van der Waals surface area contributed by atoms with Crippen LogP contribution in [0.25, 0.3) is 0 Å². The fraction of sp³-hybridized carbons (Fsp3) is 0.364. The monoisotopic (exact) mass is 398 g/mol. The molecule has 0 spiro atoms. The Bertz CT molecular complexity index is 807. The molecule has 3 N–H and O–H groups in total. The van der Waals surface area contributed by atoms with Gasteiger partial charge in [-0.1, -0.05) is 30.3 Å². The molecular weight excluding hydrogens is 371 g/mol. The molecule has 3 amide bonds. The molecule has 0 bridgehead atoms. The van der Waals surface area contributed by atoms with E-state index < -0.39 is 0 Å². The highest BCUT2D eigenvalue weighted by Gasteiger charge is 2.22. The molecule has 2 aromatic carbocycles. The van der Waals surface area contributed by atoms with Crippen molar-refractivity contribution in [3.05, 3.63) is 66.0 Å². The fourth-order valence-corrected chi connectivity index (χ4v) is 3.41. The Morgan fingerprint density at radius 3 is 2.52 bits per heavy atom. The third-order valence-corrected chi connectivity index (χ3v) is 4.94. The largest absolute Gasteiger partial charge is 0.338 e. The topological polar surface area (TPSA) is 73.5 Å². The number of carbonyl (C=O) groups excluding carboxylic acids is 2. The van der Waals surface area contributed by atoms with Crippen molar-refractivity contribution in [2.45, 2.75) is 25.3 Å². The molecule has 1 aliphatic rings. The van der Waals surface area contributed by atoms with Gasteiger partial charge < -0.3 is 16.0 Å². The van der Waals surface area contributed by atoms with Crippen molar-refractivity contribution in [2.24, 2.45) is 0 Å². The van der Waals surface area contributed by atoms with E-state index in [0.717, 1.165) is 37.2 Å². The Balaban J connectivity index is 1.31. The second kappa shape index (κ2) is 10.6. The summed E-state index contributed by atoms with van der Waals surface area (Å²) in [7, 11) is 0. The van der Waals surface area contributed by atoms with Gasteiger partial charge in [-0.2, -0.15) is 0 Å². The lowest BCUT2D eigenvalue weighted by Crippen LogP contribution is -2.49. The van der Waals surface area contributed by atoms with Crippen LogP contribution in [0.4, 0.5) is 14.9 Å². The molecule has 0 aliphatic carbocycles. The number of hydrogen-bond donors (Lipinski definition) is 3. The van der Waals surface area contributed by atoms with E-state index in [2.05, 4.69) is 20.9 Å². The lowest BCUT2D eigenvalue weighted by molar-refractivity contribution is -0.117. The van der Waals surface area contributed by atoms with Gasteiger partial charge in [0.1, 0.15) is 5.82 Å². The van der Waals surface area contributed by atoms with Gasteiger partial charge in [-0.3, -0.25) is 9.69 Å². The van der Waals surface area contributed by atoms with Gasteiger partial charge in [-0.25, -0.2) is 9.18 Å². The zero-order chi connectivity index (χ0) is 20.5. The van der Waals surface area contributed by atoms with E-state index in [-0.39, 0.29) is 23.8 Å². The maximum absolute atomic E-state index is 13.2. The van der Waals surface area contributed by atoms with Crippen LogP contribution in [0.15, 0.2) is 54.6 Å². The highest BCUT2D eigenvalue weighted by atomic mass is 19.1. The maximum Gasteiger partial charge on any atom is 0.315 e. The van der Waals surface area contributed by atoms with Gasteiger partial charge in [0, 0.05) is 31.4 Å². The predicted molar refractivity (Wildman–Crippen MR) is 111 cm³/mol. The highest BCUT2D eigenvalue weighted by Crippen LogP contribution is 2.11. The lowest BCUT2D eigenvalue weighted by Gasteiger charge is -2.31. The summed E-state index contributed by atoms with van der Waals surface area (Å²) >= 11 is 0. The molecule has 0 radical (unpaired) electrons. The minimum absolute atomic E-state index is 0.0299. The van der Waals surface area contributed by atoms with Crippen LogP contribution in [0.1, 0.15) is 18.4 Å². The summed E-state index contributed by atoms with van der Waals surface area (Å²) in [6.45, 7) is 2.32. The molecule has 0 unspecified atom stereocenters. The van der Waals surface area contributed by atoms with Crippen LogP contribution >= 0.6 is 0 Å². The van der Waals surface area contributed by atoms with Crippen LogP contribution in [-0.4, -0.2) is 49.1 Å². The number of carbonyl (C=O) groups is 2. The smallest absolute Gasteiger partial charge is 0.315 e. The molecular formula is C22H27FN4O2. The van der Waals surface area contributed by atoms with Crippen molar-refractivity contribution in [1.82, 2.24) is 15.5 Å². The van der Waals surface area contributed by atoms with Gasteiger partial charge in [0.25, 0.3) is 0 Å². The van der Waals surface area contributed by atoms with Crippen molar-refractivity contribution < 1.29 is 14.0 Å². The molecule has 0 atom stereocenters. The number of benzene rings is 2. The van der Waals surface area contributed by atoms with Crippen LogP contribution in [-0.2, 0) is 11.2 Å². The lowest BCUT2D eigenvalue weighted by atomic mass is 10.1. The van der Waals surface area contributed by atoms with E-state index in [9.17, 15) is 14.0 Å². The van der Waals surface area contributed by atoms with E-state index in [1.807, 2.05) is 36.4 Å². The van der Waals surface area contributed by atoms with E-state index in [1.165, 1.54) is 12.1 Å². The number of anilines is 1. The quantitative estimate of drug-likeness (QED) is 0.672. The zero-order valence-electron chi connectivity index (χ0n) is 16.4. The predicted octanol–water partition coefficient (Wildman–Crippen LogP) is 2.77. The number of nitrogens with one attached hydrogen (secondary N) is 3. The number of hydrogen-bond acceptors (Lipinski definition) is 3. The summed E-state index contributed by atoms with van der Waals surface area (Å²) in [5.74, 6) is -0.297. The number of amides is 3. The normalized spacial score (nSPS) is 14.9. The summed E-state index contributed by atoms with van der Waals surface area (Å²) in [5, 5.41) is 8.69. The standard InChI is InChI=1S/C22H27FN4O2/c23-18-6-4-5-17(15-18)9-12-24-22(29)26-20-10-13-27(14-11-20)16-21(28)25-19-7-2-1-3-8-19/h1-8,15,20H,9-14,16H2,(H,25,28)(H2,24,26,29). The number of para-hydroxylation sites is 1. The third kappa shape index (κ3) is 7.19. The molecule has 0 aromatic heterocycles. The van der Waals surface area contributed by atoms with Gasteiger partial charge in [0.05, 0.1) is 6.54 Å². The first-order valence-corrected chi connectivity index (χ1v) is 9.94. The molecule has 6 nitrogen and oxygen atoms in total. The molecule has 7 heteroatoms. The summed E-state index contributed by atoms with van der Waals surface area (Å²) in [6, 6.07) is 15.7. The van der Waals surface area contributed by atoms with E-state index in [0.29, 0.717) is 19.5 Å². The Morgan fingerprint density at radius 2 is 1.79 bits per heavy atom. The van der Waals surface area contributed by atoms with Gasteiger partial charge in [0.15, 0.2) is 0 Å². The Kier molecular flexibility index (Phi) is 7.58. The number of halogens is 1. The van der Waals surface area contributed by atoms with Crippen molar-refractivity contribution in [3.8, 4) is 0 Å². The molecule has 2 aromatic rings. The van der Waals surface area contributed by atoms with Crippen molar-refractivity contribution in [1.29, 1.82) is 0 Å². The molecule has 1 heterocycles. The Morgan fingerprint density at radius 1 is 1.03 bits per heavy atom. The minimum Gasteiger partial charge on any atom is -0.338 e. The first kappa shape index (κ1) is 20.8. The molecule has 154 valence electrons. The number of rotatable bonds is 7. The van der Waals surface area contributed by atoms with Crippen molar-refractivity contribution >= 4 is 17.6 Å². The number of piperidine rings is 1. The van der Waals surface area contributed by atoms with Crippen molar-refractivity contribution in [2.75, 3.05) is 31.5 Å². The number of urea groups is 1. The molecule has 1 fully saturated rings. The average Bonchev–Trinajstić information content (AvgIpc) is 2.70. The molecule has 0 saturated carbocycles.